The van der Waals surface area contributed by atoms with Crippen molar-refractivity contribution in [2.45, 2.75) is 6.54 Å². The second-order valence-electron chi connectivity index (χ2n) is 7.76. The van der Waals surface area contributed by atoms with Crippen molar-refractivity contribution in [2.75, 3.05) is 33.3 Å². The van der Waals surface area contributed by atoms with Gasteiger partial charge in [-0.2, -0.15) is 0 Å². The molecule has 0 spiro atoms. The summed E-state index contributed by atoms with van der Waals surface area (Å²) in [5.74, 6) is 0.841. The summed E-state index contributed by atoms with van der Waals surface area (Å²) < 4.78 is 25.1. The summed E-state index contributed by atoms with van der Waals surface area (Å²) in [6, 6.07) is 16.1. The van der Waals surface area contributed by atoms with Gasteiger partial charge in [0, 0.05) is 45.0 Å². The van der Waals surface area contributed by atoms with Crippen molar-refractivity contribution in [3.63, 3.8) is 0 Å². The number of carbonyl (C=O) groups is 1. The predicted molar refractivity (Wildman–Crippen MR) is 125 cm³/mol. The van der Waals surface area contributed by atoms with E-state index < -0.39 is 5.82 Å². The number of amides is 1. The topological polar surface area (TPSA) is 54.9 Å². The number of benzene rings is 2. The molecule has 1 aromatic heterocycles. The predicted octanol–water partition coefficient (Wildman–Crippen LogP) is 4.38. The van der Waals surface area contributed by atoms with Gasteiger partial charge >= 0.3 is 0 Å². The van der Waals surface area contributed by atoms with Crippen molar-refractivity contribution in [2.24, 2.45) is 0 Å². The van der Waals surface area contributed by atoms with Crippen LogP contribution >= 0.6 is 0 Å². The van der Waals surface area contributed by atoms with Crippen LogP contribution in [0, 0.1) is 5.82 Å². The van der Waals surface area contributed by atoms with Crippen LogP contribution in [0.1, 0.15) is 11.1 Å². The molecule has 7 heteroatoms. The molecular weight excluding hydrogens is 421 g/mol. The van der Waals surface area contributed by atoms with Crippen LogP contribution in [-0.2, 0) is 11.3 Å². The quantitative estimate of drug-likeness (QED) is 0.503. The lowest BCUT2D eigenvalue weighted by atomic mass is 10.1. The molecule has 0 bridgehead atoms. The Hall–Kier alpha value is -3.71. The fourth-order valence-corrected chi connectivity index (χ4v) is 3.63. The summed E-state index contributed by atoms with van der Waals surface area (Å²) in [6.07, 6.45) is 6.26. The highest BCUT2D eigenvalue weighted by atomic mass is 19.1. The Morgan fingerprint density at radius 1 is 1.06 bits per heavy atom. The Balaban J connectivity index is 1.27. The van der Waals surface area contributed by atoms with Gasteiger partial charge in [0.2, 0.25) is 5.91 Å². The molecule has 0 unspecified atom stereocenters. The van der Waals surface area contributed by atoms with Crippen LogP contribution in [0.3, 0.4) is 0 Å². The molecule has 1 aliphatic heterocycles. The molecule has 33 heavy (non-hydrogen) atoms. The van der Waals surface area contributed by atoms with Gasteiger partial charge in [-0.05, 0) is 53.6 Å². The third-order valence-corrected chi connectivity index (χ3v) is 5.49. The number of pyridine rings is 1. The van der Waals surface area contributed by atoms with Crippen molar-refractivity contribution in [3.05, 3.63) is 90.0 Å². The van der Waals surface area contributed by atoms with Crippen LogP contribution in [0.25, 0.3) is 6.08 Å². The maximum atomic E-state index is 14.4. The summed E-state index contributed by atoms with van der Waals surface area (Å²) in [4.78, 5) is 20.7. The minimum atomic E-state index is -0.499. The largest absolute Gasteiger partial charge is 0.497 e. The Morgan fingerprint density at radius 2 is 1.85 bits per heavy atom. The third kappa shape index (κ3) is 6.17. The van der Waals surface area contributed by atoms with Gasteiger partial charge in [0.15, 0.2) is 11.6 Å². The number of carbonyl (C=O) groups excluding carboxylic acids is 1. The lowest BCUT2D eigenvalue weighted by Gasteiger charge is -2.34. The molecule has 4 rings (SSSR count). The summed E-state index contributed by atoms with van der Waals surface area (Å²) in [5, 5.41) is 0. The average Bonchev–Trinajstić information content (AvgIpc) is 2.85. The average molecular weight is 448 g/mol. The minimum Gasteiger partial charge on any atom is -0.497 e. The molecule has 2 aromatic carbocycles. The van der Waals surface area contributed by atoms with Crippen LogP contribution in [0.2, 0.25) is 0 Å². The van der Waals surface area contributed by atoms with Crippen molar-refractivity contribution < 1.29 is 18.7 Å². The number of aromatic nitrogens is 1. The molecule has 1 amide bonds. The maximum absolute atomic E-state index is 14.4. The van der Waals surface area contributed by atoms with Crippen molar-refractivity contribution >= 4 is 12.0 Å². The number of methoxy groups -OCH3 is 1. The SMILES string of the molecule is COc1ccc(CN2CCN(C(=O)/C=C/c3ccc(Oc4cccnc4)c(F)c3)CC2)cc1. The number of ether oxygens (including phenoxy) is 2. The number of nitrogens with zero attached hydrogens (tertiary/aromatic N) is 3. The molecule has 2 heterocycles. The molecule has 6 nitrogen and oxygen atoms in total. The smallest absolute Gasteiger partial charge is 0.246 e. The Kier molecular flexibility index (Phi) is 7.32. The van der Waals surface area contributed by atoms with Crippen molar-refractivity contribution in [1.29, 1.82) is 0 Å². The number of hydrogen-bond acceptors (Lipinski definition) is 5. The van der Waals surface area contributed by atoms with Gasteiger partial charge in [-0.25, -0.2) is 4.39 Å². The zero-order valence-electron chi connectivity index (χ0n) is 18.5. The fourth-order valence-electron chi connectivity index (χ4n) is 3.63. The fraction of sp³-hybridized carbons (Fsp3) is 0.231. The molecule has 170 valence electrons. The zero-order chi connectivity index (χ0) is 23.0. The first-order valence-corrected chi connectivity index (χ1v) is 10.8. The summed E-state index contributed by atoms with van der Waals surface area (Å²) >= 11 is 0. The van der Waals surface area contributed by atoms with Crippen LogP contribution < -0.4 is 9.47 Å². The number of hydrogen-bond donors (Lipinski definition) is 0. The number of piperazine rings is 1. The van der Waals surface area contributed by atoms with Gasteiger partial charge in [0.05, 0.1) is 13.3 Å². The molecule has 0 aliphatic carbocycles. The van der Waals surface area contributed by atoms with E-state index in [1.54, 1.807) is 43.6 Å². The number of halogens is 1. The third-order valence-electron chi connectivity index (χ3n) is 5.49. The second-order valence-corrected chi connectivity index (χ2v) is 7.76. The Labute approximate surface area is 192 Å². The molecule has 0 atom stereocenters. The monoisotopic (exact) mass is 447 g/mol. The van der Waals surface area contributed by atoms with Crippen LogP contribution in [0.15, 0.2) is 73.1 Å². The molecule has 0 N–H and O–H groups in total. The lowest BCUT2D eigenvalue weighted by molar-refractivity contribution is -0.127. The molecule has 1 fully saturated rings. The highest BCUT2D eigenvalue weighted by Gasteiger charge is 2.19. The normalized spacial score (nSPS) is 14.4. The highest BCUT2D eigenvalue weighted by Crippen LogP contribution is 2.25. The minimum absolute atomic E-state index is 0.0739. The van der Waals surface area contributed by atoms with Crippen LogP contribution in [0.4, 0.5) is 4.39 Å². The van der Waals surface area contributed by atoms with E-state index in [1.165, 1.54) is 23.9 Å². The van der Waals surface area contributed by atoms with Crippen molar-refractivity contribution in [3.8, 4) is 17.2 Å². The first kappa shape index (κ1) is 22.5. The van der Waals surface area contributed by atoms with E-state index in [9.17, 15) is 9.18 Å². The molecular formula is C26H26FN3O3. The molecule has 1 saturated heterocycles. The first-order valence-electron chi connectivity index (χ1n) is 10.8. The Bertz CT molecular complexity index is 1100. The molecule has 1 aliphatic rings. The van der Waals surface area contributed by atoms with E-state index >= 15 is 0 Å². The van der Waals surface area contributed by atoms with Gasteiger partial charge in [-0.3, -0.25) is 14.7 Å². The highest BCUT2D eigenvalue weighted by molar-refractivity contribution is 5.91. The van der Waals surface area contributed by atoms with Crippen LogP contribution in [-0.4, -0.2) is 54.0 Å². The number of rotatable bonds is 7. The molecule has 0 radical (unpaired) electrons. The molecule has 3 aromatic rings. The van der Waals surface area contributed by atoms with E-state index in [2.05, 4.69) is 22.0 Å². The van der Waals surface area contributed by atoms with Gasteiger partial charge in [-0.15, -0.1) is 0 Å². The van der Waals surface area contributed by atoms with E-state index in [4.69, 9.17) is 9.47 Å². The second kappa shape index (κ2) is 10.7. The molecule has 0 saturated carbocycles. The van der Waals surface area contributed by atoms with E-state index in [0.717, 1.165) is 25.4 Å². The van der Waals surface area contributed by atoms with Crippen LogP contribution in [0.5, 0.6) is 17.2 Å². The van der Waals surface area contributed by atoms with E-state index in [0.29, 0.717) is 24.4 Å². The summed E-state index contributed by atoms with van der Waals surface area (Å²) in [5.41, 5.74) is 1.81. The van der Waals surface area contributed by atoms with Gasteiger partial charge in [0.25, 0.3) is 0 Å². The Morgan fingerprint density at radius 3 is 2.52 bits per heavy atom. The van der Waals surface area contributed by atoms with E-state index in [1.807, 2.05) is 17.0 Å². The van der Waals surface area contributed by atoms with Crippen molar-refractivity contribution in [1.82, 2.24) is 14.8 Å². The van der Waals surface area contributed by atoms with E-state index in [-0.39, 0.29) is 11.7 Å². The van der Waals surface area contributed by atoms with Gasteiger partial charge < -0.3 is 14.4 Å². The van der Waals surface area contributed by atoms with Gasteiger partial charge in [0.1, 0.15) is 11.5 Å². The maximum Gasteiger partial charge on any atom is 0.246 e. The first-order chi connectivity index (χ1) is 16.1. The summed E-state index contributed by atoms with van der Waals surface area (Å²) in [7, 11) is 1.66. The van der Waals surface area contributed by atoms with Gasteiger partial charge in [-0.1, -0.05) is 18.2 Å². The zero-order valence-corrected chi connectivity index (χ0v) is 18.5. The summed E-state index contributed by atoms with van der Waals surface area (Å²) in [6.45, 7) is 3.77. The standard InChI is InChI=1S/C26H26FN3O3/c1-32-22-8-4-21(5-9-22)19-29-13-15-30(16-14-29)26(31)11-7-20-6-10-25(24(27)17-20)33-23-3-2-12-28-18-23/h2-12,17-18H,13-16,19H2,1H3/b11-7+. The lowest BCUT2D eigenvalue weighted by Crippen LogP contribution is -2.47.